The number of nitrogens with one attached hydrogen (secondary N) is 1. The molecular formula is C21H31NO11. The molecule has 0 aliphatic carbocycles. The van der Waals surface area contributed by atoms with Crippen LogP contribution in [0.1, 0.15) is 11.1 Å². The number of carbonyl (C=O) groups is 1. The monoisotopic (exact) mass is 473 g/mol. The Balaban J connectivity index is 2.19. The van der Waals surface area contributed by atoms with Gasteiger partial charge in [-0.1, -0.05) is 36.9 Å². The van der Waals surface area contributed by atoms with Gasteiger partial charge in [0.2, 0.25) is 0 Å². The van der Waals surface area contributed by atoms with Crippen molar-refractivity contribution in [2.24, 2.45) is 0 Å². The third-order valence-electron chi connectivity index (χ3n) is 5.31. The van der Waals surface area contributed by atoms with Gasteiger partial charge in [-0.05, 0) is 11.1 Å². The summed E-state index contributed by atoms with van der Waals surface area (Å²) in [4.78, 5) is 12.8. The Morgan fingerprint density at radius 3 is 2.24 bits per heavy atom. The van der Waals surface area contributed by atoms with Crippen LogP contribution in [0.2, 0.25) is 0 Å². The lowest BCUT2D eigenvalue weighted by atomic mass is 9.98. The molecule has 9 atom stereocenters. The van der Waals surface area contributed by atoms with Crippen molar-refractivity contribution in [1.82, 2.24) is 5.32 Å². The first-order valence-corrected chi connectivity index (χ1v) is 10.2. The van der Waals surface area contributed by atoms with Crippen molar-refractivity contribution in [2.75, 3.05) is 13.2 Å². The standard InChI is InChI=1S/C21H31NO11/c1-2-10-3-5-11(6-4-10)7-22-20(31)19(17(29)14(26)12(25)8-23)33-21-18(30)16(28)15(27)13(9-24)32-21/h2-6,12-19,21,23-30H,1,7-9H2,(H,22,31)/t12-,13-,14-,15+,16+,17+,18-,19-,21+/m1/s1. The normalized spacial score (nSPS) is 29.0. The van der Waals surface area contributed by atoms with Crippen molar-refractivity contribution in [3.63, 3.8) is 0 Å². The number of amides is 1. The summed E-state index contributed by atoms with van der Waals surface area (Å²) in [6.45, 7) is 1.94. The third-order valence-corrected chi connectivity index (χ3v) is 5.31. The second-order valence-corrected chi connectivity index (χ2v) is 7.65. The number of aliphatic hydroxyl groups is 8. The van der Waals surface area contributed by atoms with Gasteiger partial charge in [-0.15, -0.1) is 0 Å². The van der Waals surface area contributed by atoms with Gasteiger partial charge in [0.05, 0.1) is 13.2 Å². The van der Waals surface area contributed by atoms with E-state index in [9.17, 15) is 40.5 Å². The van der Waals surface area contributed by atoms with Crippen LogP contribution in [0.5, 0.6) is 0 Å². The summed E-state index contributed by atoms with van der Waals surface area (Å²) in [6, 6.07) is 6.94. The van der Waals surface area contributed by atoms with Gasteiger partial charge in [-0.3, -0.25) is 4.79 Å². The zero-order valence-electron chi connectivity index (χ0n) is 17.7. The van der Waals surface area contributed by atoms with Crippen LogP contribution in [-0.2, 0) is 20.8 Å². The lowest BCUT2D eigenvalue weighted by Gasteiger charge is -2.41. The van der Waals surface area contributed by atoms with Gasteiger partial charge in [-0.25, -0.2) is 0 Å². The molecular weight excluding hydrogens is 442 g/mol. The van der Waals surface area contributed by atoms with Crippen molar-refractivity contribution >= 4 is 12.0 Å². The molecule has 12 nitrogen and oxygen atoms in total. The number of ether oxygens (including phenoxy) is 2. The SMILES string of the molecule is C=Cc1ccc(CNC(=O)[C@H](O[C@@H]2O[C@H](CO)[C@H](O)[C@H](O)[C@H]2O)[C@@H](O)[C@H](O)[C@H](O)CO)cc1. The topological polar surface area (TPSA) is 209 Å². The molecule has 1 aliphatic heterocycles. The summed E-state index contributed by atoms with van der Waals surface area (Å²) in [7, 11) is 0. The number of hydrogen-bond donors (Lipinski definition) is 9. The molecule has 9 N–H and O–H groups in total. The van der Waals surface area contributed by atoms with Gasteiger partial charge >= 0.3 is 0 Å². The van der Waals surface area contributed by atoms with Gasteiger partial charge in [0, 0.05) is 6.54 Å². The summed E-state index contributed by atoms with van der Waals surface area (Å²) in [6.07, 6.45) is -14.8. The average molecular weight is 473 g/mol. The molecule has 0 bridgehead atoms. The highest BCUT2D eigenvalue weighted by molar-refractivity contribution is 5.81. The minimum atomic E-state index is -2.09. The molecule has 1 aromatic carbocycles. The number of rotatable bonds is 11. The van der Waals surface area contributed by atoms with Crippen molar-refractivity contribution in [1.29, 1.82) is 0 Å². The number of carbonyl (C=O) groups excluding carboxylic acids is 1. The second kappa shape index (κ2) is 12.5. The summed E-state index contributed by atoms with van der Waals surface area (Å²) >= 11 is 0. The molecule has 1 amide bonds. The Kier molecular flexibility index (Phi) is 10.3. The van der Waals surface area contributed by atoms with E-state index in [0.29, 0.717) is 5.56 Å². The van der Waals surface area contributed by atoms with E-state index in [1.165, 1.54) is 0 Å². The first-order chi connectivity index (χ1) is 15.6. The molecule has 186 valence electrons. The molecule has 1 aromatic rings. The number of hydrogen-bond acceptors (Lipinski definition) is 11. The van der Waals surface area contributed by atoms with Gasteiger partial charge < -0.3 is 55.6 Å². The van der Waals surface area contributed by atoms with Crippen LogP contribution in [0, 0.1) is 0 Å². The zero-order valence-corrected chi connectivity index (χ0v) is 17.7. The first kappa shape index (κ1) is 27.3. The summed E-state index contributed by atoms with van der Waals surface area (Å²) < 4.78 is 10.5. The maximum atomic E-state index is 12.8. The van der Waals surface area contributed by atoms with E-state index in [2.05, 4.69) is 11.9 Å². The summed E-state index contributed by atoms with van der Waals surface area (Å²) in [5.74, 6) is -0.976. The van der Waals surface area contributed by atoms with Crippen LogP contribution in [0.4, 0.5) is 0 Å². The van der Waals surface area contributed by atoms with Gasteiger partial charge in [-0.2, -0.15) is 0 Å². The summed E-state index contributed by atoms with van der Waals surface area (Å²) in [5.41, 5.74) is 1.52. The lowest BCUT2D eigenvalue weighted by molar-refractivity contribution is -0.316. The smallest absolute Gasteiger partial charge is 0.252 e. The predicted molar refractivity (Wildman–Crippen MR) is 112 cm³/mol. The molecule has 33 heavy (non-hydrogen) atoms. The Morgan fingerprint density at radius 1 is 1.06 bits per heavy atom. The number of aliphatic hydroxyl groups excluding tert-OH is 8. The minimum absolute atomic E-state index is 0.0177. The van der Waals surface area contributed by atoms with Crippen LogP contribution < -0.4 is 5.32 Å². The van der Waals surface area contributed by atoms with Crippen LogP contribution in [0.15, 0.2) is 30.8 Å². The average Bonchev–Trinajstić information content (AvgIpc) is 2.84. The van der Waals surface area contributed by atoms with E-state index in [0.717, 1.165) is 5.56 Å². The quantitative estimate of drug-likeness (QED) is 0.152. The fraction of sp³-hybridized carbons (Fsp3) is 0.571. The lowest BCUT2D eigenvalue weighted by Crippen LogP contribution is -2.62. The first-order valence-electron chi connectivity index (χ1n) is 10.2. The van der Waals surface area contributed by atoms with Crippen LogP contribution >= 0.6 is 0 Å². The molecule has 1 saturated heterocycles. The highest BCUT2D eigenvalue weighted by atomic mass is 16.7. The third kappa shape index (κ3) is 6.77. The fourth-order valence-electron chi connectivity index (χ4n) is 3.20. The Morgan fingerprint density at radius 2 is 1.70 bits per heavy atom. The molecule has 12 heteroatoms. The minimum Gasteiger partial charge on any atom is -0.394 e. The molecule has 0 radical (unpaired) electrons. The van der Waals surface area contributed by atoms with Gasteiger partial charge in [0.1, 0.15) is 42.7 Å². The molecule has 0 spiro atoms. The molecule has 0 aromatic heterocycles. The number of benzene rings is 1. The summed E-state index contributed by atoms with van der Waals surface area (Å²) in [5, 5.41) is 81.0. The zero-order chi connectivity index (χ0) is 24.7. The molecule has 2 rings (SSSR count). The molecule has 0 saturated carbocycles. The van der Waals surface area contributed by atoms with Crippen molar-refractivity contribution < 1.29 is 55.1 Å². The van der Waals surface area contributed by atoms with Gasteiger partial charge in [0.25, 0.3) is 5.91 Å². The van der Waals surface area contributed by atoms with Crippen LogP contribution in [0.25, 0.3) is 6.08 Å². The van der Waals surface area contributed by atoms with Gasteiger partial charge in [0.15, 0.2) is 12.4 Å². The van der Waals surface area contributed by atoms with E-state index in [1.807, 2.05) is 0 Å². The molecule has 1 fully saturated rings. The molecule has 0 unspecified atom stereocenters. The van der Waals surface area contributed by atoms with E-state index in [-0.39, 0.29) is 6.54 Å². The second-order valence-electron chi connectivity index (χ2n) is 7.65. The highest BCUT2D eigenvalue weighted by Gasteiger charge is 2.47. The molecule has 1 aliphatic rings. The van der Waals surface area contributed by atoms with E-state index >= 15 is 0 Å². The van der Waals surface area contributed by atoms with Crippen molar-refractivity contribution in [3.05, 3.63) is 42.0 Å². The van der Waals surface area contributed by atoms with Crippen molar-refractivity contribution in [3.8, 4) is 0 Å². The Bertz CT molecular complexity index is 759. The van der Waals surface area contributed by atoms with Crippen LogP contribution in [0.3, 0.4) is 0 Å². The van der Waals surface area contributed by atoms with E-state index in [4.69, 9.17) is 14.6 Å². The largest absolute Gasteiger partial charge is 0.394 e. The van der Waals surface area contributed by atoms with Crippen molar-refractivity contribution in [2.45, 2.75) is 61.7 Å². The Labute approximate surface area is 190 Å². The maximum absolute atomic E-state index is 12.8. The maximum Gasteiger partial charge on any atom is 0.252 e. The van der Waals surface area contributed by atoms with E-state index < -0.39 is 74.2 Å². The predicted octanol–water partition coefficient (Wildman–Crippen LogP) is -3.79. The van der Waals surface area contributed by atoms with Crippen LogP contribution in [-0.4, -0.2) is 115 Å². The van der Waals surface area contributed by atoms with E-state index in [1.54, 1.807) is 30.3 Å². The fourth-order valence-corrected chi connectivity index (χ4v) is 3.20. The Hall–Kier alpha value is -1.97. The highest BCUT2D eigenvalue weighted by Crippen LogP contribution is 2.24. The molecule has 1 heterocycles.